The lowest BCUT2D eigenvalue weighted by Crippen LogP contribution is -2.51. The summed E-state index contributed by atoms with van der Waals surface area (Å²) in [7, 11) is -3.14. The fourth-order valence-electron chi connectivity index (χ4n) is 4.57. The van der Waals surface area contributed by atoms with Crippen molar-refractivity contribution in [2.75, 3.05) is 32.4 Å². The summed E-state index contributed by atoms with van der Waals surface area (Å²) in [6.07, 6.45) is 11.4. The quantitative estimate of drug-likeness (QED) is 0.302. The molecule has 1 heterocycles. The van der Waals surface area contributed by atoms with E-state index in [9.17, 15) is 8.42 Å². The van der Waals surface area contributed by atoms with Gasteiger partial charge in [-0.05, 0) is 56.7 Å². The van der Waals surface area contributed by atoms with Gasteiger partial charge in [0.2, 0.25) is 0 Å². The Morgan fingerprint density at radius 2 is 1.71 bits per heavy atom. The van der Waals surface area contributed by atoms with E-state index in [-0.39, 0.29) is 24.0 Å². The number of benzene rings is 1. The Balaban J connectivity index is 0.00000341. The number of hydrogen-bond donors (Lipinski definition) is 2. The summed E-state index contributed by atoms with van der Waals surface area (Å²) in [5, 5.41) is 6.99. The molecule has 2 aliphatic rings. The van der Waals surface area contributed by atoms with Crippen molar-refractivity contribution in [3.05, 3.63) is 29.8 Å². The molecule has 0 spiro atoms. The Hall–Kier alpha value is -0.870. The van der Waals surface area contributed by atoms with E-state index in [0.717, 1.165) is 30.5 Å². The molecule has 176 valence electrons. The van der Waals surface area contributed by atoms with E-state index in [1.54, 1.807) is 12.1 Å². The smallest absolute Gasteiger partial charge is 0.191 e. The zero-order valence-corrected chi connectivity index (χ0v) is 22.1. The van der Waals surface area contributed by atoms with Crippen LogP contribution in [-0.2, 0) is 16.3 Å². The van der Waals surface area contributed by atoms with Crippen LogP contribution in [0.3, 0.4) is 0 Å². The van der Waals surface area contributed by atoms with Gasteiger partial charge in [-0.25, -0.2) is 8.42 Å². The van der Waals surface area contributed by atoms with Gasteiger partial charge in [0, 0.05) is 44.5 Å². The van der Waals surface area contributed by atoms with E-state index in [1.807, 2.05) is 12.1 Å². The summed E-state index contributed by atoms with van der Waals surface area (Å²) in [5.74, 6) is 0.890. The number of nitrogens with one attached hydrogen (secondary N) is 2. The molecule has 2 fully saturated rings. The number of piperidine rings is 1. The molecule has 0 bridgehead atoms. The Kier molecular flexibility index (Phi) is 11.1. The molecule has 8 heteroatoms. The lowest BCUT2D eigenvalue weighted by Gasteiger charge is -2.39. The van der Waals surface area contributed by atoms with Crippen molar-refractivity contribution in [3.63, 3.8) is 0 Å². The Bertz CT molecular complexity index is 784. The van der Waals surface area contributed by atoms with Gasteiger partial charge in [-0.3, -0.25) is 4.99 Å². The zero-order valence-electron chi connectivity index (χ0n) is 19.0. The van der Waals surface area contributed by atoms with Gasteiger partial charge in [-0.15, -0.1) is 24.0 Å². The largest absolute Gasteiger partial charge is 0.357 e. The van der Waals surface area contributed by atoms with Crippen LogP contribution in [0.25, 0.3) is 0 Å². The Labute approximate surface area is 205 Å². The minimum absolute atomic E-state index is 0. The maximum absolute atomic E-state index is 11.6. The first-order valence-corrected chi connectivity index (χ1v) is 13.4. The molecule has 31 heavy (non-hydrogen) atoms. The molecule has 3 rings (SSSR count). The molecule has 0 amide bonds. The minimum atomic E-state index is -3.14. The van der Waals surface area contributed by atoms with Crippen molar-refractivity contribution in [1.29, 1.82) is 0 Å². The molecule has 1 aliphatic heterocycles. The van der Waals surface area contributed by atoms with Crippen LogP contribution < -0.4 is 10.6 Å². The van der Waals surface area contributed by atoms with Gasteiger partial charge in [-0.1, -0.05) is 31.4 Å². The number of sulfone groups is 1. The van der Waals surface area contributed by atoms with Crippen LogP contribution in [0.4, 0.5) is 0 Å². The first-order valence-electron chi connectivity index (χ1n) is 11.5. The fourth-order valence-corrected chi connectivity index (χ4v) is 5.20. The summed E-state index contributed by atoms with van der Waals surface area (Å²) in [6, 6.07) is 8.42. The van der Waals surface area contributed by atoms with E-state index in [1.165, 1.54) is 64.3 Å². The number of aliphatic imine (C=N–C) groups is 1. The molecule has 0 atom stereocenters. The van der Waals surface area contributed by atoms with Crippen LogP contribution in [0.15, 0.2) is 34.2 Å². The standard InChI is InChI=1S/C23H38N4O2S.HI/c1-3-24-23(25-16-13-19-9-11-22(12-10-19)30(2,28)29)26-20-14-17-27(18-15-20)21-7-5-4-6-8-21;/h9-12,20-21H,3-8,13-18H2,1-2H3,(H2,24,25,26);1H. The second kappa shape index (κ2) is 13.0. The maximum Gasteiger partial charge on any atom is 0.191 e. The van der Waals surface area contributed by atoms with E-state index >= 15 is 0 Å². The van der Waals surface area contributed by atoms with Crippen molar-refractivity contribution >= 4 is 39.8 Å². The summed E-state index contributed by atoms with van der Waals surface area (Å²) in [4.78, 5) is 7.82. The molecular weight excluding hydrogens is 523 g/mol. The number of likely N-dealkylation sites (tertiary alicyclic amines) is 1. The highest BCUT2D eigenvalue weighted by Gasteiger charge is 2.26. The molecule has 1 aliphatic carbocycles. The third-order valence-electron chi connectivity index (χ3n) is 6.33. The van der Waals surface area contributed by atoms with Crippen LogP contribution >= 0.6 is 24.0 Å². The third-order valence-corrected chi connectivity index (χ3v) is 7.46. The number of rotatable bonds is 7. The van der Waals surface area contributed by atoms with E-state index < -0.39 is 9.84 Å². The lowest BCUT2D eigenvalue weighted by atomic mass is 9.92. The maximum atomic E-state index is 11.6. The van der Waals surface area contributed by atoms with Crippen LogP contribution in [0, 0.1) is 0 Å². The third kappa shape index (κ3) is 8.53. The lowest BCUT2D eigenvalue weighted by molar-refractivity contribution is 0.119. The molecule has 0 unspecified atom stereocenters. The number of halogens is 1. The van der Waals surface area contributed by atoms with Crippen molar-refractivity contribution in [2.24, 2.45) is 4.99 Å². The average molecular weight is 563 g/mol. The fraction of sp³-hybridized carbons (Fsp3) is 0.696. The van der Waals surface area contributed by atoms with Crippen LogP contribution in [0.2, 0.25) is 0 Å². The second-order valence-electron chi connectivity index (χ2n) is 8.67. The van der Waals surface area contributed by atoms with Gasteiger partial charge < -0.3 is 15.5 Å². The number of nitrogens with zero attached hydrogens (tertiary/aromatic N) is 2. The van der Waals surface area contributed by atoms with Gasteiger partial charge in [0.15, 0.2) is 15.8 Å². The monoisotopic (exact) mass is 562 g/mol. The van der Waals surface area contributed by atoms with E-state index in [4.69, 9.17) is 4.99 Å². The van der Waals surface area contributed by atoms with E-state index in [0.29, 0.717) is 17.5 Å². The zero-order chi connectivity index (χ0) is 21.4. The first-order chi connectivity index (χ1) is 14.5. The molecule has 1 aromatic rings. The SMILES string of the molecule is CCNC(=NCCc1ccc(S(C)(=O)=O)cc1)NC1CCN(C2CCCCC2)CC1.I. The average Bonchev–Trinajstić information content (AvgIpc) is 2.75. The number of guanidine groups is 1. The highest BCUT2D eigenvalue weighted by molar-refractivity contribution is 14.0. The molecule has 1 saturated heterocycles. The molecule has 1 saturated carbocycles. The van der Waals surface area contributed by atoms with Gasteiger partial charge >= 0.3 is 0 Å². The van der Waals surface area contributed by atoms with Gasteiger partial charge in [0.1, 0.15) is 0 Å². The van der Waals surface area contributed by atoms with Gasteiger partial charge in [0.05, 0.1) is 4.90 Å². The van der Waals surface area contributed by atoms with Crippen LogP contribution in [0.1, 0.15) is 57.4 Å². The van der Waals surface area contributed by atoms with Crippen molar-refractivity contribution < 1.29 is 8.42 Å². The summed E-state index contributed by atoms with van der Waals surface area (Å²) in [5.41, 5.74) is 1.10. The van der Waals surface area contributed by atoms with Crippen molar-refractivity contribution in [2.45, 2.75) is 75.3 Å². The molecule has 1 aromatic carbocycles. The van der Waals surface area contributed by atoms with Crippen molar-refractivity contribution in [1.82, 2.24) is 15.5 Å². The summed E-state index contributed by atoms with van der Waals surface area (Å²) < 4.78 is 23.2. The van der Waals surface area contributed by atoms with Crippen LogP contribution in [0.5, 0.6) is 0 Å². The van der Waals surface area contributed by atoms with Crippen molar-refractivity contribution in [3.8, 4) is 0 Å². The van der Waals surface area contributed by atoms with Crippen LogP contribution in [-0.4, -0.2) is 63.8 Å². The second-order valence-corrected chi connectivity index (χ2v) is 10.7. The summed E-state index contributed by atoms with van der Waals surface area (Å²) in [6.45, 7) is 5.99. The Morgan fingerprint density at radius 3 is 2.29 bits per heavy atom. The molecule has 0 radical (unpaired) electrons. The highest BCUT2D eigenvalue weighted by Crippen LogP contribution is 2.25. The topological polar surface area (TPSA) is 73.8 Å². The minimum Gasteiger partial charge on any atom is -0.357 e. The summed E-state index contributed by atoms with van der Waals surface area (Å²) >= 11 is 0. The Morgan fingerprint density at radius 1 is 1.06 bits per heavy atom. The molecular formula is C23H39IN4O2S. The van der Waals surface area contributed by atoms with Gasteiger partial charge in [-0.2, -0.15) is 0 Å². The normalized spacial score (nSPS) is 19.6. The predicted molar refractivity (Wildman–Crippen MR) is 139 cm³/mol. The highest BCUT2D eigenvalue weighted by atomic mass is 127. The molecule has 2 N–H and O–H groups in total. The first kappa shape index (κ1) is 26.4. The number of hydrogen-bond acceptors (Lipinski definition) is 4. The molecule has 0 aromatic heterocycles. The molecule has 6 nitrogen and oxygen atoms in total. The van der Waals surface area contributed by atoms with Gasteiger partial charge in [0.25, 0.3) is 0 Å². The van der Waals surface area contributed by atoms with E-state index in [2.05, 4.69) is 22.5 Å². The predicted octanol–water partition coefficient (Wildman–Crippen LogP) is 3.60.